The Bertz CT molecular complexity index is 846. The van der Waals surface area contributed by atoms with Crippen LogP contribution in [0.4, 0.5) is 14.5 Å². The molecule has 1 aliphatic heterocycles. The first-order valence-corrected chi connectivity index (χ1v) is 11.4. The van der Waals surface area contributed by atoms with Gasteiger partial charge >= 0.3 is 0 Å². The monoisotopic (exact) mass is 417 g/mol. The van der Waals surface area contributed by atoms with Crippen molar-refractivity contribution in [3.63, 3.8) is 0 Å². The third-order valence-corrected chi connectivity index (χ3v) is 6.15. The van der Waals surface area contributed by atoms with Gasteiger partial charge in [0.1, 0.15) is 5.71 Å². The molecular formula is C23H29F2N3S. The lowest BCUT2D eigenvalue weighted by Crippen LogP contribution is -2.17. The summed E-state index contributed by atoms with van der Waals surface area (Å²) in [6.07, 6.45) is -1.34. The van der Waals surface area contributed by atoms with Crippen molar-refractivity contribution in [1.29, 1.82) is 0 Å². The molecular weight excluding hydrogens is 388 g/mol. The fourth-order valence-electron chi connectivity index (χ4n) is 2.89. The Hall–Kier alpha value is -2.34. The van der Waals surface area contributed by atoms with Crippen LogP contribution in [0.15, 0.2) is 64.8 Å². The second kappa shape index (κ2) is 11.6. The summed E-state index contributed by atoms with van der Waals surface area (Å²) in [5.41, 5.74) is 3.58. The van der Waals surface area contributed by atoms with E-state index in [1.54, 1.807) is 0 Å². The highest BCUT2D eigenvalue weighted by Gasteiger charge is 2.21. The molecule has 1 heterocycles. The summed E-state index contributed by atoms with van der Waals surface area (Å²) in [7, 11) is -0.119. The normalized spacial score (nSPS) is 14.0. The summed E-state index contributed by atoms with van der Waals surface area (Å²) in [6.45, 7) is 6.92. The Labute approximate surface area is 175 Å². The van der Waals surface area contributed by atoms with Crippen LogP contribution >= 0.6 is 10.7 Å². The first-order chi connectivity index (χ1) is 14.1. The molecule has 1 unspecified atom stereocenters. The van der Waals surface area contributed by atoms with Crippen molar-refractivity contribution >= 4 is 33.7 Å². The Morgan fingerprint density at radius 3 is 2.24 bits per heavy atom. The van der Waals surface area contributed by atoms with E-state index in [1.807, 2.05) is 56.3 Å². The molecule has 2 aromatic carbocycles. The van der Waals surface area contributed by atoms with Crippen LogP contribution in [0.25, 0.3) is 0 Å². The quantitative estimate of drug-likeness (QED) is 0.447. The average molecular weight is 418 g/mol. The summed E-state index contributed by atoms with van der Waals surface area (Å²) < 4.78 is 27.8. The minimum atomic E-state index is -2.54. The fourth-order valence-corrected chi connectivity index (χ4v) is 4.33. The molecule has 0 N–H and O–H groups in total. The summed E-state index contributed by atoms with van der Waals surface area (Å²) in [5, 5.41) is 7.49. The number of nitrogens with zero attached hydrogens (tertiary/aromatic N) is 3. The molecule has 0 saturated carbocycles. The highest BCUT2D eigenvalue weighted by atomic mass is 32.2. The predicted octanol–water partition coefficient (Wildman–Crippen LogP) is 6.56. The van der Waals surface area contributed by atoms with Crippen molar-refractivity contribution in [2.24, 2.45) is 10.2 Å². The van der Waals surface area contributed by atoms with E-state index in [4.69, 9.17) is 0 Å². The highest BCUT2D eigenvalue weighted by Crippen LogP contribution is 2.29. The molecule has 29 heavy (non-hydrogen) atoms. The molecule has 0 aromatic heterocycles. The van der Waals surface area contributed by atoms with Crippen LogP contribution < -0.4 is 4.31 Å². The zero-order chi connectivity index (χ0) is 21.2. The number of halogens is 2. The summed E-state index contributed by atoms with van der Waals surface area (Å²) in [4.78, 5) is 0. The third kappa shape index (κ3) is 6.32. The lowest BCUT2D eigenvalue weighted by molar-refractivity contribution is 0.224. The van der Waals surface area contributed by atoms with E-state index >= 15 is 0 Å². The van der Waals surface area contributed by atoms with Gasteiger partial charge in [0.25, 0.3) is 6.43 Å². The molecule has 156 valence electrons. The van der Waals surface area contributed by atoms with Crippen molar-refractivity contribution < 1.29 is 8.78 Å². The van der Waals surface area contributed by atoms with Crippen molar-refractivity contribution in [3.05, 3.63) is 65.7 Å². The molecule has 0 radical (unpaired) electrons. The van der Waals surface area contributed by atoms with Gasteiger partial charge in [0.05, 0.1) is 12.3 Å². The topological polar surface area (TPSA) is 28.0 Å². The SMILES string of the molecule is C=S(CCC)N(Cc1ccc(C2=NN=C(C(F)F)C2)cc1)c1ccccc1.CC. The molecule has 0 aliphatic carbocycles. The number of rotatable bonds is 8. The van der Waals surface area contributed by atoms with Crippen LogP contribution in [0.5, 0.6) is 0 Å². The van der Waals surface area contributed by atoms with E-state index in [9.17, 15) is 8.78 Å². The molecule has 1 aliphatic rings. The molecule has 2 aromatic rings. The van der Waals surface area contributed by atoms with Crippen LogP contribution in [-0.2, 0) is 6.54 Å². The maximum atomic E-state index is 12.7. The van der Waals surface area contributed by atoms with Gasteiger partial charge in [-0.15, -0.1) is 10.7 Å². The van der Waals surface area contributed by atoms with Gasteiger partial charge < -0.3 is 4.31 Å². The molecule has 1 atom stereocenters. The first-order valence-electron chi connectivity index (χ1n) is 9.92. The maximum Gasteiger partial charge on any atom is 0.278 e. The molecule has 0 saturated heterocycles. The van der Waals surface area contributed by atoms with Gasteiger partial charge in [0.2, 0.25) is 0 Å². The maximum absolute atomic E-state index is 12.7. The summed E-state index contributed by atoms with van der Waals surface area (Å²) in [5.74, 6) is 5.39. The lowest BCUT2D eigenvalue weighted by atomic mass is 10.0. The summed E-state index contributed by atoms with van der Waals surface area (Å²) >= 11 is 0. The van der Waals surface area contributed by atoms with Gasteiger partial charge in [-0.25, -0.2) is 8.78 Å². The number of para-hydroxylation sites is 1. The zero-order valence-corrected chi connectivity index (χ0v) is 18.1. The number of hydrogen-bond donors (Lipinski definition) is 0. The Balaban J connectivity index is 0.00000145. The number of alkyl halides is 2. The fraction of sp³-hybridized carbons (Fsp3) is 0.348. The van der Waals surface area contributed by atoms with E-state index in [0.29, 0.717) is 5.71 Å². The molecule has 6 heteroatoms. The Morgan fingerprint density at radius 1 is 1.03 bits per heavy atom. The second-order valence-corrected chi connectivity index (χ2v) is 8.12. The van der Waals surface area contributed by atoms with Crippen LogP contribution in [0.1, 0.15) is 44.7 Å². The van der Waals surface area contributed by atoms with E-state index in [-0.39, 0.29) is 22.8 Å². The second-order valence-electron chi connectivity index (χ2n) is 6.35. The number of benzene rings is 2. The van der Waals surface area contributed by atoms with E-state index in [0.717, 1.165) is 35.5 Å². The standard InChI is InChI=1S/C21H23F2N3S.C2H6/c1-3-13-27(2)26(18-7-5-4-6-8-18)15-16-9-11-17(12-10-16)19-14-20(21(22)23)25-24-19;1-2/h4-12,21H,2-3,13-15H2,1H3;1-2H3. The van der Waals surface area contributed by atoms with Gasteiger partial charge in [0, 0.05) is 17.9 Å². The Morgan fingerprint density at radius 2 is 1.69 bits per heavy atom. The van der Waals surface area contributed by atoms with Crippen LogP contribution in [-0.4, -0.2) is 29.5 Å². The molecule has 0 fully saturated rings. The number of anilines is 1. The summed E-state index contributed by atoms with van der Waals surface area (Å²) in [6, 6.07) is 18.2. The van der Waals surface area contributed by atoms with Gasteiger partial charge in [-0.1, -0.05) is 69.1 Å². The van der Waals surface area contributed by atoms with Crippen LogP contribution in [0, 0.1) is 0 Å². The molecule has 0 bridgehead atoms. The molecule has 0 amide bonds. The molecule has 3 rings (SSSR count). The van der Waals surface area contributed by atoms with Crippen molar-refractivity contribution in [3.8, 4) is 0 Å². The third-order valence-electron chi connectivity index (χ3n) is 4.31. The first kappa shape index (κ1) is 22.9. The lowest BCUT2D eigenvalue weighted by Gasteiger charge is -2.28. The smallest absolute Gasteiger partial charge is 0.278 e. The molecule has 3 nitrogen and oxygen atoms in total. The zero-order valence-electron chi connectivity index (χ0n) is 17.3. The number of hydrogen-bond acceptors (Lipinski definition) is 3. The minimum Gasteiger partial charge on any atom is -0.318 e. The highest BCUT2D eigenvalue weighted by molar-refractivity contribution is 8.15. The van der Waals surface area contributed by atoms with Crippen molar-refractivity contribution in [1.82, 2.24) is 0 Å². The average Bonchev–Trinajstić information content (AvgIpc) is 3.25. The van der Waals surface area contributed by atoms with Gasteiger partial charge in [-0.05, 0) is 29.7 Å². The largest absolute Gasteiger partial charge is 0.318 e. The Kier molecular flexibility index (Phi) is 9.19. The van der Waals surface area contributed by atoms with E-state index in [2.05, 4.69) is 39.4 Å². The van der Waals surface area contributed by atoms with E-state index in [1.165, 1.54) is 0 Å². The van der Waals surface area contributed by atoms with Crippen molar-refractivity contribution in [2.75, 3.05) is 10.1 Å². The predicted molar refractivity (Wildman–Crippen MR) is 125 cm³/mol. The van der Waals surface area contributed by atoms with Crippen molar-refractivity contribution in [2.45, 2.75) is 46.6 Å². The minimum absolute atomic E-state index is 0.117. The van der Waals surface area contributed by atoms with Gasteiger partial charge in [0.15, 0.2) is 0 Å². The van der Waals surface area contributed by atoms with Crippen LogP contribution in [0.2, 0.25) is 0 Å². The van der Waals surface area contributed by atoms with E-state index < -0.39 is 6.43 Å². The van der Waals surface area contributed by atoms with Gasteiger partial charge in [-0.3, -0.25) is 0 Å². The van der Waals surface area contributed by atoms with Crippen LogP contribution in [0.3, 0.4) is 0 Å². The molecule has 0 spiro atoms. The van der Waals surface area contributed by atoms with Gasteiger partial charge in [-0.2, -0.15) is 10.2 Å².